The zero-order valence-electron chi connectivity index (χ0n) is 21.1. The molecule has 0 saturated heterocycles. The number of rotatable bonds is 5. The second kappa shape index (κ2) is 11.9. The Hall–Kier alpha value is -2.51. The normalized spacial score (nSPS) is 14.5. The molecule has 0 N–H and O–H groups in total. The van der Waals surface area contributed by atoms with Crippen molar-refractivity contribution in [3.63, 3.8) is 0 Å². The van der Waals surface area contributed by atoms with Crippen LogP contribution in [0.15, 0.2) is 125 Å². The summed E-state index contributed by atoms with van der Waals surface area (Å²) in [4.78, 5) is 2.27. The molecular weight excluding hydrogens is 573 g/mol. The fourth-order valence-corrected chi connectivity index (χ4v) is 14.7. The van der Waals surface area contributed by atoms with Gasteiger partial charge in [0.25, 0.3) is 0 Å². The molecular formula is C33H31Cl2NZr. The van der Waals surface area contributed by atoms with Crippen LogP contribution in [-0.4, -0.2) is 17.3 Å². The Labute approximate surface area is 240 Å². The number of anilines is 1. The van der Waals surface area contributed by atoms with Crippen LogP contribution >= 0.6 is 24.8 Å². The summed E-state index contributed by atoms with van der Waals surface area (Å²) in [6.45, 7) is 0. The Balaban J connectivity index is 0.00000160. The molecule has 0 amide bonds. The minimum absolute atomic E-state index is 0. The summed E-state index contributed by atoms with van der Waals surface area (Å²) in [7, 11) is 4.33. The minimum atomic E-state index is -2.55. The van der Waals surface area contributed by atoms with E-state index in [1.165, 1.54) is 39.1 Å². The molecule has 0 radical (unpaired) electrons. The number of hydrogen-bond acceptors (Lipinski definition) is 1. The maximum Gasteiger partial charge on any atom is -0.147 e. The number of fused-ring (bicyclic) bond motifs is 3. The van der Waals surface area contributed by atoms with Crippen LogP contribution in [0.1, 0.15) is 32.3 Å². The third-order valence-electron chi connectivity index (χ3n) is 7.21. The van der Waals surface area contributed by atoms with Gasteiger partial charge in [-0.15, -0.1) is 24.8 Å². The maximum atomic E-state index is 2.44. The first kappa shape index (κ1) is 27.5. The number of benzene rings is 4. The SMILES string of the molecule is CN(C)c1cccc2c1-c1ccccc1[CH]2[Zr]([C]1=CC=CC1)=[C](c1ccccc1)c1ccccc1.Cl.Cl. The van der Waals surface area contributed by atoms with Gasteiger partial charge in [-0.3, -0.25) is 0 Å². The molecule has 37 heavy (non-hydrogen) atoms. The predicted octanol–water partition coefficient (Wildman–Crippen LogP) is 8.40. The Bertz CT molecular complexity index is 1450. The summed E-state index contributed by atoms with van der Waals surface area (Å²) < 4.78 is 3.73. The fraction of sp³-hybridized carbons (Fsp3) is 0.121. The number of nitrogens with zero attached hydrogens (tertiary/aromatic N) is 1. The Morgan fingerprint density at radius 3 is 1.89 bits per heavy atom. The van der Waals surface area contributed by atoms with Crippen LogP contribution < -0.4 is 4.90 Å². The topological polar surface area (TPSA) is 3.24 Å². The molecule has 0 bridgehead atoms. The van der Waals surface area contributed by atoms with Crippen LogP contribution in [0.2, 0.25) is 0 Å². The van der Waals surface area contributed by atoms with Crippen molar-refractivity contribution in [3.05, 3.63) is 147 Å². The Morgan fingerprint density at radius 2 is 1.30 bits per heavy atom. The van der Waals surface area contributed by atoms with Gasteiger partial charge in [-0.2, -0.15) is 0 Å². The van der Waals surface area contributed by atoms with Crippen molar-refractivity contribution in [3.8, 4) is 11.1 Å². The predicted molar refractivity (Wildman–Crippen MR) is 160 cm³/mol. The summed E-state index contributed by atoms with van der Waals surface area (Å²) in [5, 5.41) is 0. The van der Waals surface area contributed by atoms with Gasteiger partial charge in [0.15, 0.2) is 0 Å². The van der Waals surface area contributed by atoms with Crippen LogP contribution in [0.25, 0.3) is 11.1 Å². The van der Waals surface area contributed by atoms with Crippen LogP contribution in [-0.2, 0) is 21.3 Å². The second-order valence-corrected chi connectivity index (χ2v) is 15.8. The van der Waals surface area contributed by atoms with Gasteiger partial charge < -0.3 is 0 Å². The maximum absolute atomic E-state index is 2.55. The van der Waals surface area contributed by atoms with Gasteiger partial charge >= 0.3 is 217 Å². The summed E-state index contributed by atoms with van der Waals surface area (Å²) in [6.07, 6.45) is 8.15. The van der Waals surface area contributed by atoms with E-state index in [1.807, 2.05) is 0 Å². The third-order valence-corrected chi connectivity index (χ3v) is 15.5. The molecule has 4 heteroatoms. The molecule has 4 aromatic carbocycles. The molecule has 0 aromatic heterocycles. The van der Waals surface area contributed by atoms with E-state index in [2.05, 4.69) is 140 Å². The van der Waals surface area contributed by atoms with E-state index in [-0.39, 0.29) is 24.8 Å². The molecule has 186 valence electrons. The minimum Gasteiger partial charge on any atom is -0.147 e. The van der Waals surface area contributed by atoms with E-state index in [1.54, 1.807) is 6.49 Å². The molecule has 2 aliphatic carbocycles. The van der Waals surface area contributed by atoms with Crippen molar-refractivity contribution < 1.29 is 21.3 Å². The smallest absolute Gasteiger partial charge is 0.147 e. The van der Waals surface area contributed by atoms with E-state index >= 15 is 0 Å². The summed E-state index contributed by atoms with van der Waals surface area (Å²) >= 11 is -2.55. The van der Waals surface area contributed by atoms with E-state index in [0.29, 0.717) is 3.63 Å². The third kappa shape index (κ3) is 5.00. The molecule has 1 unspecified atom stereocenters. The van der Waals surface area contributed by atoms with Crippen molar-refractivity contribution in [1.29, 1.82) is 0 Å². The fourth-order valence-electron chi connectivity index (χ4n) is 5.74. The Morgan fingerprint density at radius 1 is 0.703 bits per heavy atom. The largest absolute Gasteiger partial charge is 0.147 e. The van der Waals surface area contributed by atoms with E-state index in [9.17, 15) is 0 Å². The van der Waals surface area contributed by atoms with Crippen molar-refractivity contribution in [1.82, 2.24) is 0 Å². The molecule has 4 aromatic rings. The first-order chi connectivity index (χ1) is 17.2. The zero-order chi connectivity index (χ0) is 23.8. The second-order valence-electron chi connectivity index (χ2n) is 9.50. The molecule has 0 heterocycles. The van der Waals surface area contributed by atoms with Gasteiger partial charge in [0.2, 0.25) is 0 Å². The van der Waals surface area contributed by atoms with Crippen LogP contribution in [0.4, 0.5) is 5.69 Å². The number of halogens is 2. The van der Waals surface area contributed by atoms with Gasteiger partial charge in [-0.1, -0.05) is 0 Å². The number of allylic oxidation sites excluding steroid dienone is 4. The first-order valence-corrected chi connectivity index (χ1v) is 16.2. The van der Waals surface area contributed by atoms with Gasteiger partial charge in [0, 0.05) is 0 Å². The average Bonchev–Trinajstić information content (AvgIpc) is 3.55. The van der Waals surface area contributed by atoms with Crippen molar-refractivity contribution in [2.75, 3.05) is 19.0 Å². The zero-order valence-corrected chi connectivity index (χ0v) is 25.2. The van der Waals surface area contributed by atoms with Crippen LogP contribution in [0.5, 0.6) is 0 Å². The van der Waals surface area contributed by atoms with E-state index in [0.717, 1.165) is 6.42 Å². The van der Waals surface area contributed by atoms with Gasteiger partial charge in [-0.05, 0) is 0 Å². The quantitative estimate of drug-likeness (QED) is 0.222. The molecule has 1 nitrogen and oxygen atoms in total. The van der Waals surface area contributed by atoms with Gasteiger partial charge in [-0.25, -0.2) is 0 Å². The molecule has 0 aliphatic heterocycles. The molecule has 0 saturated carbocycles. The standard InChI is InChI=1S/C15H14N.C13H10.C5H5.2ClH.Zr/c1-16(2)14-9-5-7-12-10-11-6-3-4-8-13(11)15(12)14;1-3-7-12(8-4-1)11-13-9-5-2-6-10-13;1-2-4-5-3-1;;;/h3-10H,1-2H3;1-10H;1-3H,4H2;2*1H;. The summed E-state index contributed by atoms with van der Waals surface area (Å²) in [6, 6.07) is 38.5. The average molecular weight is 604 g/mol. The van der Waals surface area contributed by atoms with Gasteiger partial charge in [0.05, 0.1) is 0 Å². The first-order valence-electron chi connectivity index (χ1n) is 12.3. The molecule has 2 aliphatic rings. The van der Waals surface area contributed by atoms with E-state index in [4.69, 9.17) is 0 Å². The molecule has 0 fully saturated rings. The van der Waals surface area contributed by atoms with Crippen LogP contribution in [0.3, 0.4) is 0 Å². The molecule has 6 rings (SSSR count). The van der Waals surface area contributed by atoms with Gasteiger partial charge in [0.1, 0.15) is 0 Å². The van der Waals surface area contributed by atoms with Crippen molar-refractivity contribution >= 4 is 33.7 Å². The van der Waals surface area contributed by atoms with Crippen LogP contribution in [0, 0.1) is 0 Å². The summed E-state index contributed by atoms with van der Waals surface area (Å²) in [5.74, 6) is 0. The summed E-state index contributed by atoms with van der Waals surface area (Å²) in [5.41, 5.74) is 9.98. The van der Waals surface area contributed by atoms with E-state index < -0.39 is 21.3 Å². The molecule has 1 atom stereocenters. The van der Waals surface area contributed by atoms with Crippen molar-refractivity contribution in [2.24, 2.45) is 0 Å². The monoisotopic (exact) mass is 601 g/mol. The molecule has 0 spiro atoms. The number of hydrogen-bond donors (Lipinski definition) is 0. The van der Waals surface area contributed by atoms with Crippen molar-refractivity contribution in [2.45, 2.75) is 10.0 Å². The Kier molecular flexibility index (Phi) is 8.86.